The molecule has 1 amide bonds. The van der Waals surface area contributed by atoms with Crippen molar-refractivity contribution in [2.75, 3.05) is 0 Å². The molecule has 0 aromatic heterocycles. The minimum Gasteiger partial charge on any atom is -0.450 e. The maximum Gasteiger partial charge on any atom is 0.355 e. The smallest absolute Gasteiger partial charge is 0.355 e. The molecular weight excluding hydrogens is 349 g/mol. The van der Waals surface area contributed by atoms with Crippen LogP contribution < -0.4 is 5.32 Å². The van der Waals surface area contributed by atoms with Crippen LogP contribution in [0.3, 0.4) is 0 Å². The first kappa shape index (κ1) is 15.2. The lowest BCUT2D eigenvalue weighted by Gasteiger charge is -2.17. The zero-order valence-corrected chi connectivity index (χ0v) is 12.4. The second-order valence-corrected chi connectivity index (χ2v) is 4.97. The van der Waals surface area contributed by atoms with Crippen LogP contribution in [0.4, 0.5) is 0 Å². The number of nitrogens with one attached hydrogen (secondary N) is 1. The molecule has 6 heteroatoms. The summed E-state index contributed by atoms with van der Waals surface area (Å²) in [6, 6.07) is 0. The van der Waals surface area contributed by atoms with Crippen molar-refractivity contribution < 1.29 is 19.4 Å². The van der Waals surface area contributed by atoms with Crippen LogP contribution in [0.2, 0.25) is 0 Å². The maximum absolute atomic E-state index is 11.6. The van der Waals surface area contributed by atoms with Gasteiger partial charge in [0.25, 0.3) is 0 Å². The normalized spacial score (nSPS) is 24.9. The van der Waals surface area contributed by atoms with Gasteiger partial charge in [0, 0.05) is 0 Å². The maximum atomic E-state index is 11.6. The lowest BCUT2D eigenvalue weighted by molar-refractivity contribution is -0.146. The number of hydrogen-bond donors (Lipinski definition) is 2. The Labute approximate surface area is 119 Å². The molecule has 1 heterocycles. The Morgan fingerprint density at radius 2 is 2.39 bits per heavy atom. The van der Waals surface area contributed by atoms with E-state index in [4.69, 9.17) is 4.74 Å². The molecule has 0 aromatic carbocycles. The van der Waals surface area contributed by atoms with Crippen LogP contribution in [0.5, 0.6) is 0 Å². The highest BCUT2D eigenvalue weighted by Crippen LogP contribution is 2.26. The average Bonchev–Trinajstić information content (AvgIpc) is 2.55. The van der Waals surface area contributed by atoms with Crippen molar-refractivity contribution in [1.29, 1.82) is 0 Å². The number of cyclic esters (lactones) is 1. The molecule has 0 bridgehead atoms. The molecule has 18 heavy (non-hydrogen) atoms. The number of esters is 1. The van der Waals surface area contributed by atoms with E-state index in [-0.39, 0.29) is 12.1 Å². The fraction of sp³-hybridized carbons (Fsp3) is 0.500. The third kappa shape index (κ3) is 4.09. The highest BCUT2D eigenvalue weighted by Gasteiger charge is 2.35. The van der Waals surface area contributed by atoms with Crippen molar-refractivity contribution in [2.24, 2.45) is 0 Å². The summed E-state index contributed by atoms with van der Waals surface area (Å²) in [7, 11) is 0. The molecule has 100 valence electrons. The molecule has 0 unspecified atom stereocenters. The molecule has 0 spiro atoms. The topological polar surface area (TPSA) is 75.6 Å². The van der Waals surface area contributed by atoms with Gasteiger partial charge < -0.3 is 15.2 Å². The fourth-order valence-electron chi connectivity index (χ4n) is 1.46. The van der Waals surface area contributed by atoms with Crippen LogP contribution in [0.25, 0.3) is 0 Å². The first-order valence-electron chi connectivity index (χ1n) is 5.61. The summed E-state index contributed by atoms with van der Waals surface area (Å²) in [6.45, 7) is 3.67. The molecule has 0 aliphatic carbocycles. The number of halogens is 1. The van der Waals surface area contributed by atoms with Crippen LogP contribution in [-0.2, 0) is 14.3 Å². The Hall–Kier alpha value is -0.890. The Morgan fingerprint density at radius 1 is 1.72 bits per heavy atom. The van der Waals surface area contributed by atoms with Gasteiger partial charge in [0.2, 0.25) is 5.91 Å². The minimum absolute atomic E-state index is 0.0903. The van der Waals surface area contributed by atoms with E-state index in [0.29, 0.717) is 6.42 Å². The first-order valence-corrected chi connectivity index (χ1v) is 6.86. The van der Waals surface area contributed by atoms with Crippen molar-refractivity contribution in [2.45, 2.75) is 38.4 Å². The number of aliphatic hydroxyl groups excluding tert-OH is 1. The van der Waals surface area contributed by atoms with Crippen LogP contribution in [0, 0.1) is 0 Å². The fourth-order valence-corrected chi connectivity index (χ4v) is 1.94. The molecule has 0 fully saturated rings. The number of amides is 1. The standard InChI is InChI=1S/C12H16INO4/c1-3-12(2)7-9(11(17)18-12)14-10(16)6-8(15)4-5-13/h4-5,7-8,15H,3,6H2,1-2H3,(H,14,16)/b5-4-/t8-,12-/m0/s1. The largest absolute Gasteiger partial charge is 0.450 e. The van der Waals surface area contributed by atoms with Crippen LogP contribution in [0.1, 0.15) is 26.7 Å². The number of carbonyl (C=O) groups excluding carboxylic acids is 2. The highest BCUT2D eigenvalue weighted by atomic mass is 127. The van der Waals surface area contributed by atoms with Gasteiger partial charge in [-0.25, -0.2) is 4.79 Å². The van der Waals surface area contributed by atoms with E-state index in [0.717, 1.165) is 0 Å². The molecule has 5 nitrogen and oxygen atoms in total. The van der Waals surface area contributed by atoms with Gasteiger partial charge in [-0.05, 0) is 29.6 Å². The molecule has 1 rings (SSSR count). The summed E-state index contributed by atoms with van der Waals surface area (Å²) in [4.78, 5) is 23.1. The molecule has 0 radical (unpaired) electrons. The SMILES string of the molecule is CC[C@@]1(C)C=C(NC(=O)C[C@@H](O)/C=C\I)C(=O)O1. The van der Waals surface area contributed by atoms with E-state index >= 15 is 0 Å². The third-order valence-corrected chi connectivity index (χ3v) is 3.08. The molecule has 2 N–H and O–H groups in total. The van der Waals surface area contributed by atoms with E-state index in [1.54, 1.807) is 17.1 Å². The summed E-state index contributed by atoms with van der Waals surface area (Å²) in [5, 5.41) is 11.9. The number of rotatable bonds is 5. The van der Waals surface area contributed by atoms with Crippen LogP contribution in [-0.4, -0.2) is 28.7 Å². The molecule has 0 saturated heterocycles. The molecule has 1 aliphatic heterocycles. The summed E-state index contributed by atoms with van der Waals surface area (Å²) < 4.78 is 6.77. The molecule has 1 aliphatic rings. The van der Waals surface area contributed by atoms with Gasteiger partial charge in [0.05, 0.1) is 12.5 Å². The second-order valence-electron chi connectivity index (χ2n) is 4.25. The van der Waals surface area contributed by atoms with Crippen molar-refractivity contribution >= 4 is 34.5 Å². The Kier molecular flexibility index (Phi) is 5.33. The molecule has 2 atom stereocenters. The van der Waals surface area contributed by atoms with Crippen molar-refractivity contribution in [3.8, 4) is 0 Å². The number of hydrogen-bond acceptors (Lipinski definition) is 4. The van der Waals surface area contributed by atoms with Gasteiger partial charge >= 0.3 is 5.97 Å². The number of carbonyl (C=O) groups is 2. The van der Waals surface area contributed by atoms with Crippen LogP contribution in [0.15, 0.2) is 21.9 Å². The van der Waals surface area contributed by atoms with E-state index in [2.05, 4.69) is 5.32 Å². The zero-order chi connectivity index (χ0) is 13.8. The summed E-state index contributed by atoms with van der Waals surface area (Å²) in [6.07, 6.45) is 2.80. The summed E-state index contributed by atoms with van der Waals surface area (Å²) in [5.74, 6) is -0.952. The van der Waals surface area contributed by atoms with Crippen molar-refractivity contribution in [3.05, 3.63) is 21.9 Å². The van der Waals surface area contributed by atoms with Gasteiger partial charge in [-0.3, -0.25) is 4.79 Å². The van der Waals surface area contributed by atoms with E-state index < -0.39 is 23.6 Å². The zero-order valence-electron chi connectivity index (χ0n) is 10.3. The lowest BCUT2D eigenvalue weighted by atomic mass is 10.0. The summed E-state index contributed by atoms with van der Waals surface area (Å²) >= 11 is 1.95. The highest BCUT2D eigenvalue weighted by molar-refractivity contribution is 14.1. The predicted octanol–water partition coefficient (Wildman–Crippen LogP) is 1.41. The number of aliphatic hydroxyl groups is 1. The van der Waals surface area contributed by atoms with E-state index in [1.807, 2.05) is 29.5 Å². The van der Waals surface area contributed by atoms with Crippen LogP contribution >= 0.6 is 22.6 Å². The van der Waals surface area contributed by atoms with Gasteiger partial charge in [-0.1, -0.05) is 29.5 Å². The Morgan fingerprint density at radius 3 is 2.89 bits per heavy atom. The minimum atomic E-state index is -0.850. The van der Waals surface area contributed by atoms with E-state index in [9.17, 15) is 14.7 Å². The second kappa shape index (κ2) is 6.33. The predicted molar refractivity (Wildman–Crippen MR) is 74.8 cm³/mol. The Bertz CT molecular complexity index is 405. The van der Waals surface area contributed by atoms with Crippen molar-refractivity contribution in [3.63, 3.8) is 0 Å². The van der Waals surface area contributed by atoms with Gasteiger partial charge in [-0.15, -0.1) is 0 Å². The third-order valence-electron chi connectivity index (χ3n) is 2.66. The Balaban J connectivity index is 2.60. The van der Waals surface area contributed by atoms with E-state index in [1.165, 1.54) is 6.08 Å². The number of ether oxygens (including phenoxy) is 1. The lowest BCUT2D eigenvalue weighted by Crippen LogP contribution is -2.28. The molecular formula is C12H16INO4. The quantitative estimate of drug-likeness (QED) is 0.571. The summed E-state index contributed by atoms with van der Waals surface area (Å²) in [5.41, 5.74) is -0.504. The molecule has 0 aromatic rings. The molecule has 0 saturated carbocycles. The van der Waals surface area contributed by atoms with Gasteiger partial charge in [-0.2, -0.15) is 0 Å². The van der Waals surface area contributed by atoms with Gasteiger partial charge in [0.1, 0.15) is 11.3 Å². The average molecular weight is 365 g/mol. The van der Waals surface area contributed by atoms with Crippen molar-refractivity contribution in [1.82, 2.24) is 5.32 Å². The monoisotopic (exact) mass is 365 g/mol. The van der Waals surface area contributed by atoms with Gasteiger partial charge in [0.15, 0.2) is 0 Å². The first-order chi connectivity index (χ1) is 8.40.